The molecule has 0 saturated carbocycles. The van der Waals surface area contributed by atoms with Crippen LogP contribution in [-0.4, -0.2) is 25.8 Å². The van der Waals surface area contributed by atoms with E-state index in [1.54, 1.807) is 7.11 Å². The number of nitrogens with one attached hydrogen (secondary N) is 1. The number of methoxy groups -OCH3 is 1. The highest BCUT2D eigenvalue weighted by Crippen LogP contribution is 2.12. The Hall–Kier alpha value is -0.380. The third kappa shape index (κ3) is 4.78. The van der Waals surface area contributed by atoms with Crippen LogP contribution in [0.25, 0.3) is 0 Å². The van der Waals surface area contributed by atoms with Crippen LogP contribution in [0.15, 0.2) is 17.5 Å². The van der Waals surface area contributed by atoms with Crippen LogP contribution in [0, 0.1) is 0 Å². The molecule has 0 aliphatic rings. The molecule has 1 aromatic rings. The summed E-state index contributed by atoms with van der Waals surface area (Å²) in [5.74, 6) is 0. The van der Waals surface area contributed by atoms with Crippen molar-refractivity contribution in [3.63, 3.8) is 0 Å². The normalized spacial score (nSPS) is 15.1. The van der Waals surface area contributed by atoms with Gasteiger partial charge in [0.15, 0.2) is 0 Å². The summed E-state index contributed by atoms with van der Waals surface area (Å²) in [5.41, 5.74) is 0. The molecule has 3 heteroatoms. The molecule has 1 rings (SSSR count). The van der Waals surface area contributed by atoms with E-state index in [-0.39, 0.29) is 0 Å². The van der Waals surface area contributed by atoms with Gasteiger partial charge < -0.3 is 10.1 Å². The van der Waals surface area contributed by atoms with Gasteiger partial charge in [-0.3, -0.25) is 0 Å². The fraction of sp³-hybridized carbons (Fsp3) is 0.667. The molecule has 0 aliphatic carbocycles. The van der Waals surface area contributed by atoms with Gasteiger partial charge in [0.2, 0.25) is 0 Å². The van der Waals surface area contributed by atoms with Crippen molar-refractivity contribution in [3.8, 4) is 0 Å². The minimum absolute atomic E-state index is 0.430. The predicted octanol–water partition coefficient (Wildman–Crippen LogP) is 2.69. The number of ether oxygens (including phenoxy) is 1. The van der Waals surface area contributed by atoms with Crippen LogP contribution in [0.4, 0.5) is 0 Å². The summed E-state index contributed by atoms with van der Waals surface area (Å²) in [7, 11) is 1.75. The Balaban J connectivity index is 2.35. The summed E-state index contributed by atoms with van der Waals surface area (Å²) in [5, 5.41) is 5.73. The first-order valence-electron chi connectivity index (χ1n) is 5.53. The highest BCUT2D eigenvalue weighted by atomic mass is 32.1. The Bertz CT molecular complexity index is 248. The molecule has 0 fully saturated rings. The van der Waals surface area contributed by atoms with Crippen molar-refractivity contribution in [3.05, 3.63) is 22.4 Å². The molecule has 1 N–H and O–H groups in total. The molecule has 1 heterocycles. The van der Waals surface area contributed by atoms with Gasteiger partial charge in [0.25, 0.3) is 0 Å². The molecule has 2 nitrogen and oxygen atoms in total. The molecule has 2 atom stereocenters. The van der Waals surface area contributed by atoms with E-state index in [4.69, 9.17) is 4.74 Å². The summed E-state index contributed by atoms with van der Waals surface area (Å²) in [6.45, 7) is 5.17. The Morgan fingerprint density at radius 3 is 2.87 bits per heavy atom. The minimum atomic E-state index is 0.430. The molecule has 15 heavy (non-hydrogen) atoms. The van der Waals surface area contributed by atoms with Gasteiger partial charge in [-0.05, 0) is 31.2 Å². The van der Waals surface area contributed by atoms with Gasteiger partial charge in [-0.2, -0.15) is 0 Å². The van der Waals surface area contributed by atoms with Crippen LogP contribution >= 0.6 is 11.3 Å². The summed E-state index contributed by atoms with van der Waals surface area (Å²) in [4.78, 5) is 1.46. The van der Waals surface area contributed by atoms with Crippen molar-refractivity contribution < 1.29 is 4.74 Å². The zero-order valence-corrected chi connectivity index (χ0v) is 10.6. The average molecular weight is 227 g/mol. The van der Waals surface area contributed by atoms with Crippen molar-refractivity contribution in [1.82, 2.24) is 5.32 Å². The molecule has 0 bridgehead atoms. The second kappa shape index (κ2) is 6.99. The predicted molar refractivity (Wildman–Crippen MR) is 66.6 cm³/mol. The second-order valence-electron chi connectivity index (χ2n) is 3.91. The first-order chi connectivity index (χ1) is 7.26. The van der Waals surface area contributed by atoms with Crippen LogP contribution in [0.3, 0.4) is 0 Å². The van der Waals surface area contributed by atoms with Gasteiger partial charge >= 0.3 is 0 Å². The fourth-order valence-corrected chi connectivity index (χ4v) is 2.48. The number of thiophene rings is 1. The Morgan fingerprint density at radius 1 is 1.53 bits per heavy atom. The Morgan fingerprint density at radius 2 is 2.33 bits per heavy atom. The maximum Gasteiger partial charge on any atom is 0.0613 e. The standard InChI is InChI=1S/C12H21NOS/c1-4-11(13-10(2)9-14-3)8-12-6-5-7-15-12/h5-7,10-11,13H,4,8-9H2,1-3H3. The van der Waals surface area contributed by atoms with Gasteiger partial charge in [0.05, 0.1) is 6.61 Å². The van der Waals surface area contributed by atoms with Crippen molar-refractivity contribution in [1.29, 1.82) is 0 Å². The lowest BCUT2D eigenvalue weighted by Gasteiger charge is -2.21. The highest BCUT2D eigenvalue weighted by molar-refractivity contribution is 7.09. The third-order valence-electron chi connectivity index (χ3n) is 2.46. The second-order valence-corrected chi connectivity index (χ2v) is 4.94. The fourth-order valence-electron chi connectivity index (χ4n) is 1.69. The summed E-state index contributed by atoms with van der Waals surface area (Å²) < 4.78 is 5.12. The lowest BCUT2D eigenvalue weighted by molar-refractivity contribution is 0.166. The minimum Gasteiger partial charge on any atom is -0.383 e. The molecule has 0 amide bonds. The molecular formula is C12H21NOS. The van der Waals surface area contributed by atoms with E-state index in [0.29, 0.717) is 12.1 Å². The number of hydrogen-bond donors (Lipinski definition) is 1. The zero-order valence-electron chi connectivity index (χ0n) is 9.82. The van der Waals surface area contributed by atoms with E-state index >= 15 is 0 Å². The lowest BCUT2D eigenvalue weighted by Crippen LogP contribution is -2.39. The largest absolute Gasteiger partial charge is 0.383 e. The number of rotatable bonds is 7. The SMILES string of the molecule is CCC(Cc1cccs1)NC(C)COC. The zero-order chi connectivity index (χ0) is 11.1. The van der Waals surface area contributed by atoms with Gasteiger partial charge in [-0.15, -0.1) is 11.3 Å². The lowest BCUT2D eigenvalue weighted by atomic mass is 10.1. The van der Waals surface area contributed by atoms with E-state index in [1.807, 2.05) is 11.3 Å². The molecule has 0 saturated heterocycles. The third-order valence-corrected chi connectivity index (χ3v) is 3.36. The Kier molecular flexibility index (Phi) is 5.91. The van der Waals surface area contributed by atoms with Crippen molar-refractivity contribution in [2.24, 2.45) is 0 Å². The molecule has 1 aromatic heterocycles. The Labute approximate surface area is 96.7 Å². The maximum atomic E-state index is 5.12. The molecule has 2 unspecified atom stereocenters. The molecule has 86 valence electrons. The summed E-state index contributed by atoms with van der Waals surface area (Å²) >= 11 is 1.84. The van der Waals surface area contributed by atoms with E-state index in [9.17, 15) is 0 Å². The molecule has 0 aromatic carbocycles. The monoisotopic (exact) mass is 227 g/mol. The quantitative estimate of drug-likeness (QED) is 0.773. The van der Waals surface area contributed by atoms with Gasteiger partial charge in [0.1, 0.15) is 0 Å². The van der Waals surface area contributed by atoms with E-state index in [0.717, 1.165) is 19.4 Å². The molecular weight excluding hydrogens is 206 g/mol. The van der Waals surface area contributed by atoms with Crippen LogP contribution in [0.1, 0.15) is 25.1 Å². The molecule has 0 radical (unpaired) electrons. The van der Waals surface area contributed by atoms with E-state index in [2.05, 4.69) is 36.7 Å². The topological polar surface area (TPSA) is 21.3 Å². The van der Waals surface area contributed by atoms with Crippen LogP contribution in [0.2, 0.25) is 0 Å². The van der Waals surface area contributed by atoms with Gasteiger partial charge in [-0.1, -0.05) is 13.0 Å². The summed E-state index contributed by atoms with van der Waals surface area (Å²) in [6, 6.07) is 5.31. The molecule has 0 aliphatic heterocycles. The first-order valence-corrected chi connectivity index (χ1v) is 6.41. The average Bonchev–Trinajstić information content (AvgIpc) is 2.70. The van der Waals surface area contributed by atoms with Crippen molar-refractivity contribution >= 4 is 11.3 Å². The smallest absolute Gasteiger partial charge is 0.0613 e. The van der Waals surface area contributed by atoms with Gasteiger partial charge in [-0.25, -0.2) is 0 Å². The van der Waals surface area contributed by atoms with Crippen molar-refractivity contribution in [2.75, 3.05) is 13.7 Å². The van der Waals surface area contributed by atoms with Crippen LogP contribution in [-0.2, 0) is 11.2 Å². The van der Waals surface area contributed by atoms with Crippen molar-refractivity contribution in [2.45, 2.75) is 38.8 Å². The summed E-state index contributed by atoms with van der Waals surface area (Å²) in [6.07, 6.45) is 2.29. The maximum absolute atomic E-state index is 5.12. The molecule has 0 spiro atoms. The van der Waals surface area contributed by atoms with E-state index in [1.165, 1.54) is 4.88 Å². The van der Waals surface area contributed by atoms with Crippen LogP contribution in [0.5, 0.6) is 0 Å². The van der Waals surface area contributed by atoms with Gasteiger partial charge in [0, 0.05) is 24.1 Å². The van der Waals surface area contributed by atoms with Crippen LogP contribution < -0.4 is 5.32 Å². The van der Waals surface area contributed by atoms with E-state index < -0.39 is 0 Å². The highest BCUT2D eigenvalue weighted by Gasteiger charge is 2.11. The number of hydrogen-bond acceptors (Lipinski definition) is 3. The first kappa shape index (κ1) is 12.7.